The number of aryl methyl sites for hydroxylation is 2. The first-order valence-electron chi connectivity index (χ1n) is 9.01. The lowest BCUT2D eigenvalue weighted by molar-refractivity contribution is -0.394. The van der Waals surface area contributed by atoms with Gasteiger partial charge in [-0.3, -0.25) is 30.3 Å². The molecule has 0 radical (unpaired) electrons. The first kappa shape index (κ1) is 23.0. The van der Waals surface area contributed by atoms with Crippen molar-refractivity contribution in [2.24, 2.45) is 0 Å². The van der Waals surface area contributed by atoms with Crippen LogP contribution in [-0.2, 0) is 0 Å². The Morgan fingerprint density at radius 2 is 1.39 bits per heavy atom. The van der Waals surface area contributed by atoms with E-state index in [4.69, 9.17) is 0 Å². The molecule has 31 heavy (non-hydrogen) atoms. The molecule has 11 nitrogen and oxygen atoms in total. The summed E-state index contributed by atoms with van der Waals surface area (Å²) in [6, 6.07) is 7.70. The zero-order valence-corrected chi connectivity index (χ0v) is 17.4. The molecular formula is C20H21N5O6. The third-order valence-electron chi connectivity index (χ3n) is 4.36. The Hall–Kier alpha value is -4.28. The molecule has 2 aromatic carbocycles. The van der Waals surface area contributed by atoms with Crippen LogP contribution in [0.25, 0.3) is 17.0 Å². The standard InChI is InChI=1S/C11H13N3O4.C9H8N2O2/c1-8-6-9(4-5-12(2)3)11(14(17)18)7-10(8)13(15)16;1-6-4-7-2-3-10-8(7)5-9(6)11(12)13/h4-7H,1-3H3;2-5,10H,1H3/b5-4+;. The van der Waals surface area contributed by atoms with Crippen molar-refractivity contribution in [3.8, 4) is 0 Å². The summed E-state index contributed by atoms with van der Waals surface area (Å²) in [4.78, 5) is 35.2. The second kappa shape index (κ2) is 9.48. The molecule has 0 aliphatic heterocycles. The van der Waals surface area contributed by atoms with Crippen molar-refractivity contribution in [3.63, 3.8) is 0 Å². The number of hydrogen-bond donors (Lipinski definition) is 1. The van der Waals surface area contributed by atoms with Gasteiger partial charge in [0.1, 0.15) is 0 Å². The van der Waals surface area contributed by atoms with E-state index in [1.54, 1.807) is 57.4 Å². The molecule has 0 amide bonds. The molecule has 0 spiro atoms. The number of nitrogens with zero attached hydrogens (tertiary/aromatic N) is 4. The number of rotatable bonds is 5. The maximum Gasteiger partial charge on any atom is 0.283 e. The Bertz CT molecular complexity index is 1180. The van der Waals surface area contributed by atoms with Gasteiger partial charge in [0.25, 0.3) is 17.1 Å². The van der Waals surface area contributed by atoms with Crippen LogP contribution in [0.3, 0.4) is 0 Å². The lowest BCUT2D eigenvalue weighted by atomic mass is 10.1. The number of H-pyrrole nitrogens is 1. The van der Waals surface area contributed by atoms with Crippen molar-refractivity contribution in [1.29, 1.82) is 0 Å². The molecule has 0 saturated heterocycles. The van der Waals surface area contributed by atoms with E-state index in [-0.39, 0.29) is 22.0 Å². The van der Waals surface area contributed by atoms with E-state index in [1.165, 1.54) is 6.07 Å². The van der Waals surface area contributed by atoms with E-state index in [9.17, 15) is 30.3 Å². The number of nitrogens with one attached hydrogen (secondary N) is 1. The largest absolute Gasteiger partial charge is 0.383 e. The highest BCUT2D eigenvalue weighted by atomic mass is 16.6. The number of nitro groups is 3. The molecule has 0 aliphatic rings. The van der Waals surface area contributed by atoms with Gasteiger partial charge in [0.15, 0.2) is 0 Å². The number of hydrogen-bond acceptors (Lipinski definition) is 7. The van der Waals surface area contributed by atoms with Gasteiger partial charge in [0, 0.05) is 42.9 Å². The van der Waals surface area contributed by atoms with Crippen molar-refractivity contribution in [3.05, 3.63) is 89.8 Å². The molecule has 0 fully saturated rings. The molecule has 0 saturated carbocycles. The summed E-state index contributed by atoms with van der Waals surface area (Å²) in [5.41, 5.74) is 1.87. The van der Waals surface area contributed by atoms with E-state index < -0.39 is 9.85 Å². The first-order chi connectivity index (χ1) is 14.5. The van der Waals surface area contributed by atoms with Crippen molar-refractivity contribution < 1.29 is 14.8 Å². The Balaban J connectivity index is 0.000000231. The van der Waals surface area contributed by atoms with Gasteiger partial charge in [-0.25, -0.2) is 0 Å². The smallest absolute Gasteiger partial charge is 0.283 e. The summed E-state index contributed by atoms with van der Waals surface area (Å²) in [5.74, 6) is 0. The molecule has 0 bridgehead atoms. The van der Waals surface area contributed by atoms with Crippen molar-refractivity contribution >= 4 is 34.0 Å². The van der Waals surface area contributed by atoms with E-state index in [1.807, 2.05) is 12.1 Å². The lowest BCUT2D eigenvalue weighted by Gasteiger charge is -2.05. The quantitative estimate of drug-likeness (QED) is 0.457. The van der Waals surface area contributed by atoms with Gasteiger partial charge < -0.3 is 9.88 Å². The third kappa shape index (κ3) is 5.63. The minimum atomic E-state index is -0.623. The number of aromatic amines is 1. The summed E-state index contributed by atoms with van der Waals surface area (Å²) in [6.45, 7) is 3.29. The summed E-state index contributed by atoms with van der Waals surface area (Å²) in [7, 11) is 3.56. The molecule has 1 N–H and O–H groups in total. The molecule has 0 atom stereocenters. The Labute approximate surface area is 177 Å². The molecule has 3 aromatic rings. The highest BCUT2D eigenvalue weighted by molar-refractivity contribution is 5.83. The summed E-state index contributed by atoms with van der Waals surface area (Å²) in [6.07, 6.45) is 4.97. The summed E-state index contributed by atoms with van der Waals surface area (Å²) < 4.78 is 0. The fraction of sp³-hybridized carbons (Fsp3) is 0.200. The minimum Gasteiger partial charge on any atom is -0.383 e. The number of fused-ring (bicyclic) bond motifs is 1. The monoisotopic (exact) mass is 427 g/mol. The molecule has 1 heterocycles. The fourth-order valence-electron chi connectivity index (χ4n) is 2.83. The topological polar surface area (TPSA) is 148 Å². The molecule has 162 valence electrons. The van der Waals surface area contributed by atoms with E-state index >= 15 is 0 Å². The second-order valence-corrected chi connectivity index (χ2v) is 6.95. The number of aromatic nitrogens is 1. The van der Waals surface area contributed by atoms with E-state index in [0.717, 1.165) is 17.0 Å². The van der Waals surface area contributed by atoms with Crippen molar-refractivity contribution in [2.75, 3.05) is 14.1 Å². The van der Waals surface area contributed by atoms with Crippen molar-refractivity contribution in [1.82, 2.24) is 9.88 Å². The van der Waals surface area contributed by atoms with Crippen LogP contribution < -0.4 is 0 Å². The number of nitro benzene ring substituents is 3. The molecule has 11 heteroatoms. The van der Waals surface area contributed by atoms with Crippen LogP contribution in [0.5, 0.6) is 0 Å². The van der Waals surface area contributed by atoms with Gasteiger partial charge in [0.2, 0.25) is 0 Å². The second-order valence-electron chi connectivity index (χ2n) is 6.95. The van der Waals surface area contributed by atoms with Crippen molar-refractivity contribution in [2.45, 2.75) is 13.8 Å². The molecule has 1 aromatic heterocycles. The Morgan fingerprint density at radius 3 is 1.94 bits per heavy atom. The predicted molar refractivity (Wildman–Crippen MR) is 117 cm³/mol. The molecule has 3 rings (SSSR count). The van der Waals surface area contributed by atoms with Gasteiger partial charge in [-0.15, -0.1) is 0 Å². The van der Waals surface area contributed by atoms with Gasteiger partial charge in [-0.05, 0) is 44.3 Å². The average Bonchev–Trinajstić information content (AvgIpc) is 3.12. The normalized spacial score (nSPS) is 10.6. The summed E-state index contributed by atoms with van der Waals surface area (Å²) in [5, 5.41) is 33.2. The van der Waals surface area contributed by atoms with Crippen LogP contribution in [0, 0.1) is 44.2 Å². The van der Waals surface area contributed by atoms with Crippen LogP contribution in [0.4, 0.5) is 17.1 Å². The van der Waals surface area contributed by atoms with Gasteiger partial charge in [0.05, 0.1) is 31.9 Å². The lowest BCUT2D eigenvalue weighted by Crippen LogP contribution is -2.01. The fourth-order valence-corrected chi connectivity index (χ4v) is 2.83. The Morgan fingerprint density at radius 1 is 0.839 bits per heavy atom. The molecule has 0 unspecified atom stereocenters. The van der Waals surface area contributed by atoms with Crippen LogP contribution in [0.2, 0.25) is 0 Å². The molecular weight excluding hydrogens is 406 g/mol. The van der Waals surface area contributed by atoms with Crippen LogP contribution >= 0.6 is 0 Å². The summed E-state index contributed by atoms with van der Waals surface area (Å²) >= 11 is 0. The maximum absolute atomic E-state index is 10.9. The van der Waals surface area contributed by atoms with Gasteiger partial charge in [-0.1, -0.05) is 0 Å². The third-order valence-corrected chi connectivity index (χ3v) is 4.36. The predicted octanol–water partition coefficient (Wildman–Crippen LogP) is 4.73. The molecule has 0 aliphatic carbocycles. The number of benzene rings is 2. The van der Waals surface area contributed by atoms with Gasteiger partial charge >= 0.3 is 0 Å². The zero-order valence-electron chi connectivity index (χ0n) is 17.4. The zero-order chi connectivity index (χ0) is 23.3. The minimum absolute atomic E-state index is 0.162. The average molecular weight is 427 g/mol. The highest BCUT2D eigenvalue weighted by Gasteiger charge is 2.21. The Kier molecular flexibility index (Phi) is 7.03. The maximum atomic E-state index is 10.9. The highest BCUT2D eigenvalue weighted by Crippen LogP contribution is 2.29. The SMILES string of the molecule is Cc1cc(/C=C/N(C)C)c([N+](=O)[O-])cc1[N+](=O)[O-].Cc1cc2cc[nH]c2cc1[N+](=O)[O-]. The van der Waals surface area contributed by atoms with Gasteiger partial charge in [-0.2, -0.15) is 0 Å². The van der Waals surface area contributed by atoms with E-state index in [2.05, 4.69) is 4.98 Å². The first-order valence-corrected chi connectivity index (χ1v) is 9.01. The van der Waals surface area contributed by atoms with Crippen LogP contribution in [-0.4, -0.2) is 38.7 Å². The van der Waals surface area contributed by atoms with Crippen LogP contribution in [0.15, 0.2) is 42.7 Å². The van der Waals surface area contributed by atoms with E-state index in [0.29, 0.717) is 16.7 Å². The van der Waals surface area contributed by atoms with Crippen LogP contribution in [0.1, 0.15) is 16.7 Å².